The lowest BCUT2D eigenvalue weighted by atomic mass is 9.96. The highest BCUT2D eigenvalue weighted by Crippen LogP contribution is 2.16. The first-order valence-electron chi connectivity index (χ1n) is 5.03. The fraction of sp³-hybridized carbons (Fsp3) is 0.778. The van der Waals surface area contributed by atoms with E-state index in [-0.39, 0.29) is 6.54 Å². The minimum atomic E-state index is -0.460. The minimum absolute atomic E-state index is 0.0362. The Labute approximate surface area is 83.9 Å². The van der Waals surface area contributed by atoms with Gasteiger partial charge in [0.05, 0.1) is 0 Å². The van der Waals surface area contributed by atoms with Crippen molar-refractivity contribution >= 4 is 11.9 Å². The van der Waals surface area contributed by atoms with Gasteiger partial charge >= 0.3 is 0 Å². The molecule has 5 nitrogen and oxygen atoms in total. The SMILES string of the molecule is NC(=O)CN=C(N)NC1CCCCC1. The minimum Gasteiger partial charge on any atom is -0.370 e. The van der Waals surface area contributed by atoms with Gasteiger partial charge in [0.25, 0.3) is 0 Å². The normalized spacial score (nSPS) is 19.3. The zero-order valence-electron chi connectivity index (χ0n) is 8.33. The predicted octanol–water partition coefficient (Wildman–Crippen LogP) is -0.291. The standard InChI is InChI=1S/C9H18N4O/c10-8(14)6-12-9(11)13-7-4-2-1-3-5-7/h7H,1-6H2,(H2,10,14)(H3,11,12,13). The number of amides is 1. The van der Waals surface area contributed by atoms with Crippen molar-refractivity contribution in [2.24, 2.45) is 16.5 Å². The number of nitrogens with zero attached hydrogens (tertiary/aromatic N) is 1. The van der Waals surface area contributed by atoms with E-state index in [9.17, 15) is 4.79 Å². The fourth-order valence-electron chi connectivity index (χ4n) is 1.66. The summed E-state index contributed by atoms with van der Waals surface area (Å²) in [4.78, 5) is 14.3. The van der Waals surface area contributed by atoms with Crippen molar-refractivity contribution in [3.05, 3.63) is 0 Å². The molecule has 0 aromatic rings. The van der Waals surface area contributed by atoms with Gasteiger partial charge < -0.3 is 16.8 Å². The van der Waals surface area contributed by atoms with Crippen LogP contribution in [0.15, 0.2) is 4.99 Å². The molecule has 0 aromatic heterocycles. The summed E-state index contributed by atoms with van der Waals surface area (Å²) in [5.74, 6) is -0.130. The lowest BCUT2D eigenvalue weighted by molar-refractivity contribution is -0.116. The van der Waals surface area contributed by atoms with Crippen LogP contribution in [0, 0.1) is 0 Å². The topological polar surface area (TPSA) is 93.5 Å². The first kappa shape index (κ1) is 10.8. The van der Waals surface area contributed by atoms with E-state index >= 15 is 0 Å². The van der Waals surface area contributed by atoms with Gasteiger partial charge in [-0.15, -0.1) is 0 Å². The molecule has 5 heteroatoms. The summed E-state index contributed by atoms with van der Waals surface area (Å²) < 4.78 is 0. The van der Waals surface area contributed by atoms with Crippen molar-refractivity contribution in [2.45, 2.75) is 38.1 Å². The molecule has 0 spiro atoms. The number of hydrogen-bond donors (Lipinski definition) is 3. The highest BCUT2D eigenvalue weighted by Gasteiger charge is 2.13. The highest BCUT2D eigenvalue weighted by atomic mass is 16.1. The van der Waals surface area contributed by atoms with Crippen LogP contribution in [-0.2, 0) is 4.79 Å². The zero-order chi connectivity index (χ0) is 10.4. The molecule has 1 rings (SSSR count). The largest absolute Gasteiger partial charge is 0.370 e. The van der Waals surface area contributed by atoms with Crippen LogP contribution < -0.4 is 16.8 Å². The van der Waals surface area contributed by atoms with E-state index in [1.807, 2.05) is 0 Å². The molecule has 0 bridgehead atoms. The van der Waals surface area contributed by atoms with Crippen LogP contribution in [0.4, 0.5) is 0 Å². The van der Waals surface area contributed by atoms with Crippen molar-refractivity contribution in [3.63, 3.8) is 0 Å². The quantitative estimate of drug-likeness (QED) is 0.429. The zero-order valence-corrected chi connectivity index (χ0v) is 8.33. The third-order valence-electron chi connectivity index (χ3n) is 2.36. The van der Waals surface area contributed by atoms with Gasteiger partial charge in [-0.1, -0.05) is 19.3 Å². The van der Waals surface area contributed by atoms with Crippen molar-refractivity contribution in [3.8, 4) is 0 Å². The molecule has 0 saturated heterocycles. The molecular formula is C9H18N4O. The average molecular weight is 198 g/mol. The number of nitrogens with two attached hydrogens (primary N) is 2. The maximum atomic E-state index is 10.4. The summed E-state index contributed by atoms with van der Waals surface area (Å²) in [5.41, 5.74) is 10.5. The van der Waals surface area contributed by atoms with Gasteiger partial charge in [0.1, 0.15) is 6.54 Å². The molecule has 1 saturated carbocycles. The van der Waals surface area contributed by atoms with E-state index < -0.39 is 5.91 Å². The molecule has 0 heterocycles. The summed E-state index contributed by atoms with van der Waals surface area (Å²) in [7, 11) is 0. The van der Waals surface area contributed by atoms with Crippen LogP contribution in [0.25, 0.3) is 0 Å². The number of primary amides is 1. The molecule has 14 heavy (non-hydrogen) atoms. The van der Waals surface area contributed by atoms with Gasteiger partial charge in [-0.3, -0.25) is 4.79 Å². The molecule has 0 radical (unpaired) electrons. The van der Waals surface area contributed by atoms with Crippen molar-refractivity contribution in [1.29, 1.82) is 0 Å². The summed E-state index contributed by atoms with van der Waals surface area (Å²) in [5, 5.41) is 3.09. The molecular weight excluding hydrogens is 180 g/mol. The third kappa shape index (κ3) is 4.11. The van der Waals surface area contributed by atoms with E-state index in [1.54, 1.807) is 0 Å². The van der Waals surface area contributed by atoms with Gasteiger partial charge in [0.2, 0.25) is 5.91 Å². The van der Waals surface area contributed by atoms with Crippen molar-refractivity contribution in [1.82, 2.24) is 5.32 Å². The molecule has 0 aromatic carbocycles. The van der Waals surface area contributed by atoms with Crippen LogP contribution in [-0.4, -0.2) is 24.5 Å². The molecule has 1 fully saturated rings. The molecule has 0 aliphatic heterocycles. The second-order valence-electron chi connectivity index (χ2n) is 3.65. The molecule has 1 amide bonds. The Bertz CT molecular complexity index is 221. The number of aliphatic imine (C=N–C) groups is 1. The molecule has 1 aliphatic carbocycles. The van der Waals surface area contributed by atoms with E-state index in [4.69, 9.17) is 11.5 Å². The second kappa shape index (κ2) is 5.47. The van der Waals surface area contributed by atoms with E-state index in [0.717, 1.165) is 12.8 Å². The number of carbonyl (C=O) groups is 1. The predicted molar refractivity (Wildman–Crippen MR) is 55.7 cm³/mol. The number of rotatable bonds is 3. The highest BCUT2D eigenvalue weighted by molar-refractivity contribution is 5.83. The van der Waals surface area contributed by atoms with Crippen molar-refractivity contribution in [2.75, 3.05) is 6.54 Å². The van der Waals surface area contributed by atoms with Crippen molar-refractivity contribution < 1.29 is 4.79 Å². The van der Waals surface area contributed by atoms with E-state index in [0.29, 0.717) is 12.0 Å². The lowest BCUT2D eigenvalue weighted by Gasteiger charge is -2.22. The molecule has 0 atom stereocenters. The molecule has 0 unspecified atom stereocenters. The third-order valence-corrected chi connectivity index (χ3v) is 2.36. The Morgan fingerprint density at radius 1 is 1.29 bits per heavy atom. The fourth-order valence-corrected chi connectivity index (χ4v) is 1.66. The summed E-state index contributed by atoms with van der Waals surface area (Å²) >= 11 is 0. The van der Waals surface area contributed by atoms with E-state index in [1.165, 1.54) is 19.3 Å². The van der Waals surface area contributed by atoms with Gasteiger partial charge in [-0.2, -0.15) is 0 Å². The van der Waals surface area contributed by atoms with Crippen LogP contribution in [0.5, 0.6) is 0 Å². The van der Waals surface area contributed by atoms with Gasteiger partial charge in [-0.05, 0) is 12.8 Å². The maximum Gasteiger partial charge on any atom is 0.239 e. The van der Waals surface area contributed by atoms with E-state index in [2.05, 4.69) is 10.3 Å². The van der Waals surface area contributed by atoms with Gasteiger partial charge in [0.15, 0.2) is 5.96 Å². The Balaban J connectivity index is 2.27. The number of hydrogen-bond acceptors (Lipinski definition) is 2. The average Bonchev–Trinajstić information content (AvgIpc) is 2.16. The Kier molecular flexibility index (Phi) is 4.22. The van der Waals surface area contributed by atoms with Crippen LogP contribution in [0.1, 0.15) is 32.1 Å². The Morgan fingerprint density at radius 2 is 1.93 bits per heavy atom. The smallest absolute Gasteiger partial charge is 0.239 e. The first-order chi connectivity index (χ1) is 6.68. The Morgan fingerprint density at radius 3 is 2.50 bits per heavy atom. The van der Waals surface area contributed by atoms with Gasteiger partial charge in [0, 0.05) is 6.04 Å². The van der Waals surface area contributed by atoms with Crippen LogP contribution in [0.2, 0.25) is 0 Å². The Hall–Kier alpha value is -1.26. The lowest BCUT2D eigenvalue weighted by Crippen LogP contribution is -2.41. The molecule has 80 valence electrons. The molecule has 5 N–H and O–H groups in total. The number of nitrogens with one attached hydrogen (secondary N) is 1. The molecule has 1 aliphatic rings. The maximum absolute atomic E-state index is 10.4. The first-order valence-corrected chi connectivity index (χ1v) is 5.03. The second-order valence-corrected chi connectivity index (χ2v) is 3.65. The van der Waals surface area contributed by atoms with Crippen LogP contribution >= 0.6 is 0 Å². The van der Waals surface area contributed by atoms with Crippen LogP contribution in [0.3, 0.4) is 0 Å². The number of guanidine groups is 1. The summed E-state index contributed by atoms with van der Waals surface area (Å²) in [6.45, 7) is -0.0362. The summed E-state index contributed by atoms with van der Waals surface area (Å²) in [6, 6.07) is 0.417. The summed E-state index contributed by atoms with van der Waals surface area (Å²) in [6.07, 6.45) is 6.04. The van der Waals surface area contributed by atoms with Gasteiger partial charge in [-0.25, -0.2) is 4.99 Å². The monoisotopic (exact) mass is 198 g/mol. The number of carbonyl (C=O) groups excluding carboxylic acids is 1.